The van der Waals surface area contributed by atoms with E-state index >= 15 is 0 Å². The molecule has 1 aliphatic rings. The molecule has 4 rings (SSSR count). The van der Waals surface area contributed by atoms with Gasteiger partial charge in [-0.2, -0.15) is 0 Å². The van der Waals surface area contributed by atoms with Crippen LogP contribution >= 0.6 is 11.8 Å². The Balaban J connectivity index is 1.80. The van der Waals surface area contributed by atoms with Gasteiger partial charge in [0.2, 0.25) is 0 Å². The third kappa shape index (κ3) is 5.24. The fourth-order valence-electron chi connectivity index (χ4n) is 4.65. The molecule has 2 atom stereocenters. The molecule has 0 radical (unpaired) electrons. The van der Waals surface area contributed by atoms with E-state index in [0.717, 1.165) is 27.5 Å². The van der Waals surface area contributed by atoms with E-state index in [1.54, 1.807) is 17.8 Å². The number of phenols is 1. The summed E-state index contributed by atoms with van der Waals surface area (Å²) in [6, 6.07) is 24.2. The number of hydrogen-bond donors (Lipinski definition) is 1. The first-order valence-electron chi connectivity index (χ1n) is 11.6. The predicted molar refractivity (Wildman–Crippen MR) is 138 cm³/mol. The van der Waals surface area contributed by atoms with Crippen LogP contribution in [0.1, 0.15) is 29.5 Å². The van der Waals surface area contributed by atoms with Crippen LogP contribution < -0.4 is 4.90 Å². The van der Waals surface area contributed by atoms with Crippen molar-refractivity contribution < 1.29 is 14.6 Å². The second kappa shape index (κ2) is 11.0. The SMILES string of the molecule is CCOC(=O)C1c2c(ccc(O)c2CN(C)C)N(Cc2ccccc2)C1CSc1ccccc1. The summed E-state index contributed by atoms with van der Waals surface area (Å²) in [5.74, 6) is 0.232. The van der Waals surface area contributed by atoms with E-state index in [-0.39, 0.29) is 17.8 Å². The Kier molecular flexibility index (Phi) is 7.80. The number of carbonyl (C=O) groups excluding carboxylic acids is 1. The molecule has 1 aliphatic heterocycles. The molecule has 1 heterocycles. The van der Waals surface area contributed by atoms with E-state index in [0.29, 0.717) is 19.7 Å². The summed E-state index contributed by atoms with van der Waals surface area (Å²) >= 11 is 1.74. The minimum Gasteiger partial charge on any atom is -0.508 e. The lowest BCUT2D eigenvalue weighted by Crippen LogP contribution is -2.39. The first kappa shape index (κ1) is 24.2. The van der Waals surface area contributed by atoms with Crippen LogP contribution in [0.25, 0.3) is 0 Å². The lowest BCUT2D eigenvalue weighted by Gasteiger charge is -2.30. The monoisotopic (exact) mass is 476 g/mol. The predicted octanol–water partition coefficient (Wildman–Crippen LogP) is 5.28. The summed E-state index contributed by atoms with van der Waals surface area (Å²) in [5, 5.41) is 10.8. The molecule has 5 nitrogen and oxygen atoms in total. The number of thioether (sulfide) groups is 1. The average molecular weight is 477 g/mol. The quantitative estimate of drug-likeness (QED) is 0.335. The highest BCUT2D eigenvalue weighted by Crippen LogP contribution is 2.48. The minimum atomic E-state index is -0.475. The van der Waals surface area contributed by atoms with Gasteiger partial charge in [0.15, 0.2) is 0 Å². The van der Waals surface area contributed by atoms with Gasteiger partial charge < -0.3 is 19.6 Å². The van der Waals surface area contributed by atoms with Gasteiger partial charge in [-0.15, -0.1) is 11.8 Å². The number of esters is 1. The van der Waals surface area contributed by atoms with Crippen LogP contribution in [0.5, 0.6) is 5.75 Å². The molecule has 0 fully saturated rings. The normalized spacial score (nSPS) is 17.1. The number of carbonyl (C=O) groups is 1. The zero-order chi connectivity index (χ0) is 24.1. The molecule has 6 heteroatoms. The lowest BCUT2D eigenvalue weighted by atomic mass is 9.91. The van der Waals surface area contributed by atoms with Gasteiger partial charge in [0.1, 0.15) is 11.7 Å². The van der Waals surface area contributed by atoms with Crippen molar-refractivity contribution in [3.8, 4) is 5.75 Å². The molecule has 2 unspecified atom stereocenters. The van der Waals surface area contributed by atoms with Crippen molar-refractivity contribution >= 4 is 23.4 Å². The molecule has 34 heavy (non-hydrogen) atoms. The number of rotatable bonds is 9. The topological polar surface area (TPSA) is 53.0 Å². The van der Waals surface area contributed by atoms with Crippen LogP contribution in [-0.4, -0.2) is 48.5 Å². The zero-order valence-electron chi connectivity index (χ0n) is 20.0. The van der Waals surface area contributed by atoms with Gasteiger partial charge in [-0.05, 0) is 56.4 Å². The maximum atomic E-state index is 13.4. The van der Waals surface area contributed by atoms with Crippen molar-refractivity contribution in [2.45, 2.75) is 36.9 Å². The number of phenolic OH excluding ortho intramolecular Hbond substituents is 1. The van der Waals surface area contributed by atoms with Gasteiger partial charge in [0.25, 0.3) is 0 Å². The Bertz CT molecular complexity index is 1110. The highest BCUT2D eigenvalue weighted by atomic mass is 32.2. The molecule has 1 N–H and O–H groups in total. The molecule has 0 aromatic heterocycles. The van der Waals surface area contributed by atoms with Gasteiger partial charge in [-0.25, -0.2) is 0 Å². The number of anilines is 1. The second-order valence-corrected chi connectivity index (χ2v) is 9.86. The number of benzene rings is 3. The lowest BCUT2D eigenvalue weighted by molar-refractivity contribution is -0.145. The van der Waals surface area contributed by atoms with Crippen LogP contribution in [0.3, 0.4) is 0 Å². The number of aromatic hydroxyl groups is 1. The second-order valence-electron chi connectivity index (χ2n) is 8.77. The molecule has 3 aromatic carbocycles. The van der Waals surface area contributed by atoms with Gasteiger partial charge in [-0.3, -0.25) is 4.79 Å². The van der Waals surface area contributed by atoms with Crippen molar-refractivity contribution in [3.63, 3.8) is 0 Å². The van der Waals surface area contributed by atoms with Gasteiger partial charge in [0.05, 0.1) is 12.6 Å². The van der Waals surface area contributed by atoms with Crippen LogP contribution in [0, 0.1) is 0 Å². The van der Waals surface area contributed by atoms with Crippen LogP contribution in [-0.2, 0) is 22.6 Å². The van der Waals surface area contributed by atoms with Crippen molar-refractivity contribution in [3.05, 3.63) is 89.5 Å². The molecular formula is C28H32N2O3S. The summed E-state index contributed by atoms with van der Waals surface area (Å²) in [6.45, 7) is 3.38. The first-order chi connectivity index (χ1) is 16.5. The molecule has 3 aromatic rings. The Morgan fingerprint density at radius 3 is 2.35 bits per heavy atom. The smallest absolute Gasteiger partial charge is 0.315 e. The van der Waals surface area contributed by atoms with Crippen molar-refractivity contribution in [2.24, 2.45) is 0 Å². The zero-order valence-corrected chi connectivity index (χ0v) is 20.8. The van der Waals surface area contributed by atoms with Gasteiger partial charge in [-0.1, -0.05) is 48.5 Å². The van der Waals surface area contributed by atoms with Crippen molar-refractivity contribution in [2.75, 3.05) is 31.4 Å². The maximum absolute atomic E-state index is 13.4. The summed E-state index contributed by atoms with van der Waals surface area (Å²) in [4.78, 5) is 18.9. The molecule has 0 aliphatic carbocycles. The van der Waals surface area contributed by atoms with E-state index in [1.807, 2.05) is 68.4 Å². The molecule has 0 bridgehead atoms. The summed E-state index contributed by atoms with van der Waals surface area (Å²) in [5.41, 5.74) is 3.86. The Morgan fingerprint density at radius 1 is 1.03 bits per heavy atom. The minimum absolute atomic E-state index is 0.109. The fourth-order valence-corrected chi connectivity index (χ4v) is 5.73. The molecule has 0 saturated heterocycles. The molecule has 0 saturated carbocycles. The Labute approximate surface area is 206 Å². The van der Waals surface area contributed by atoms with E-state index in [9.17, 15) is 9.90 Å². The number of hydrogen-bond acceptors (Lipinski definition) is 6. The fraction of sp³-hybridized carbons (Fsp3) is 0.321. The van der Waals surface area contributed by atoms with Crippen molar-refractivity contribution in [1.29, 1.82) is 0 Å². The van der Waals surface area contributed by atoms with Crippen LogP contribution in [0.15, 0.2) is 77.7 Å². The number of fused-ring (bicyclic) bond motifs is 1. The van der Waals surface area contributed by atoms with Crippen molar-refractivity contribution in [1.82, 2.24) is 4.90 Å². The molecule has 0 spiro atoms. The summed E-state index contributed by atoms with van der Waals surface area (Å²) in [6.07, 6.45) is 0. The van der Waals surface area contributed by atoms with Gasteiger partial charge in [0, 0.05) is 35.0 Å². The molecule has 178 valence electrons. The Morgan fingerprint density at radius 2 is 1.71 bits per heavy atom. The first-order valence-corrected chi connectivity index (χ1v) is 12.6. The number of nitrogens with zero attached hydrogens (tertiary/aromatic N) is 2. The average Bonchev–Trinajstić information content (AvgIpc) is 3.14. The summed E-state index contributed by atoms with van der Waals surface area (Å²) in [7, 11) is 3.94. The molecule has 0 amide bonds. The summed E-state index contributed by atoms with van der Waals surface area (Å²) < 4.78 is 5.59. The van der Waals surface area contributed by atoms with E-state index in [4.69, 9.17) is 4.74 Å². The molecular weight excluding hydrogens is 444 g/mol. The number of ether oxygens (including phenoxy) is 1. The van der Waals surface area contributed by atoms with E-state index < -0.39 is 5.92 Å². The Hall–Kier alpha value is -2.96. The van der Waals surface area contributed by atoms with E-state index in [2.05, 4.69) is 29.2 Å². The van der Waals surface area contributed by atoms with Gasteiger partial charge >= 0.3 is 5.97 Å². The van der Waals surface area contributed by atoms with E-state index in [1.165, 1.54) is 5.56 Å². The standard InChI is InChI=1S/C28H32N2O3S/c1-4-33-28(32)27-24(19-34-21-13-9-6-10-14-21)30(17-20-11-7-5-8-12-20)23-15-16-25(31)22(26(23)27)18-29(2)3/h5-16,24,27,31H,4,17-19H2,1-3H3. The van der Waals surface area contributed by atoms with Crippen LogP contribution in [0.4, 0.5) is 5.69 Å². The maximum Gasteiger partial charge on any atom is 0.315 e. The largest absolute Gasteiger partial charge is 0.508 e. The van der Waals surface area contributed by atoms with Crippen LogP contribution in [0.2, 0.25) is 0 Å². The third-order valence-electron chi connectivity index (χ3n) is 6.09. The highest BCUT2D eigenvalue weighted by Gasteiger charge is 2.45. The third-order valence-corrected chi connectivity index (χ3v) is 7.20. The highest BCUT2D eigenvalue weighted by molar-refractivity contribution is 7.99.